The van der Waals surface area contributed by atoms with Crippen molar-refractivity contribution in [1.29, 1.82) is 0 Å². The van der Waals surface area contributed by atoms with E-state index in [9.17, 15) is 9.18 Å². The standard InChI is InChI=1S/C21H15FN4O2/c1-28-16-9-24-8-7-12(16)17-14(22)6-5-13-19(23)18-15(25-20(13)17)10-26(21(18)27)11-3-2-4-11/h2-9H,10H2,1H3,(H2,23,25). The van der Waals surface area contributed by atoms with Crippen molar-refractivity contribution in [2.24, 2.45) is 0 Å². The second kappa shape index (κ2) is 5.88. The minimum atomic E-state index is -0.449. The van der Waals surface area contributed by atoms with Gasteiger partial charge in [0.2, 0.25) is 0 Å². The number of nitrogens with two attached hydrogens (primary N) is 1. The van der Waals surface area contributed by atoms with Crippen LogP contribution in [0.1, 0.15) is 16.1 Å². The molecule has 0 spiro atoms. The summed E-state index contributed by atoms with van der Waals surface area (Å²) in [6.45, 7) is 0.300. The first-order valence-electron chi connectivity index (χ1n) is 8.69. The lowest BCUT2D eigenvalue weighted by atomic mass is 9.98. The number of carbonyl (C=O) groups excluding carboxylic acids is 1. The van der Waals surface area contributed by atoms with E-state index in [1.807, 2.05) is 18.2 Å². The Morgan fingerprint density at radius 2 is 2.07 bits per heavy atom. The molecule has 138 valence electrons. The van der Waals surface area contributed by atoms with Gasteiger partial charge in [-0.25, -0.2) is 9.37 Å². The average Bonchev–Trinajstić information content (AvgIpc) is 2.97. The fourth-order valence-electron chi connectivity index (χ4n) is 3.67. The highest BCUT2D eigenvalue weighted by Crippen LogP contribution is 2.41. The lowest BCUT2D eigenvalue weighted by Gasteiger charge is -2.19. The number of hydrogen-bond donors (Lipinski definition) is 1. The Balaban J connectivity index is 1.78. The zero-order valence-electron chi connectivity index (χ0n) is 14.9. The smallest absolute Gasteiger partial charge is 0.262 e. The molecule has 3 aromatic rings. The van der Waals surface area contributed by atoms with Gasteiger partial charge in [-0.1, -0.05) is 6.08 Å². The number of carbonyl (C=O) groups is 1. The molecule has 0 saturated carbocycles. The van der Waals surface area contributed by atoms with Crippen LogP contribution in [0.2, 0.25) is 0 Å². The molecule has 5 rings (SSSR count). The fraction of sp³-hybridized carbons (Fsp3) is 0.0952. The summed E-state index contributed by atoms with van der Waals surface area (Å²) >= 11 is 0. The van der Waals surface area contributed by atoms with E-state index < -0.39 is 5.82 Å². The summed E-state index contributed by atoms with van der Waals surface area (Å²) in [6, 6.07) is 4.56. The van der Waals surface area contributed by atoms with E-state index in [1.54, 1.807) is 23.2 Å². The van der Waals surface area contributed by atoms with Crippen LogP contribution in [0.5, 0.6) is 5.75 Å². The third kappa shape index (κ3) is 2.16. The number of nitrogens with zero attached hydrogens (tertiary/aromatic N) is 3. The van der Waals surface area contributed by atoms with E-state index >= 15 is 0 Å². The van der Waals surface area contributed by atoms with Gasteiger partial charge in [-0.05, 0) is 30.4 Å². The molecule has 3 heterocycles. The zero-order chi connectivity index (χ0) is 19.4. The summed E-state index contributed by atoms with van der Waals surface area (Å²) in [4.78, 5) is 23.2. The Labute approximate surface area is 159 Å². The topological polar surface area (TPSA) is 81.3 Å². The van der Waals surface area contributed by atoms with Gasteiger partial charge in [-0.2, -0.15) is 0 Å². The number of nitrogen functional groups attached to an aromatic ring is 1. The molecule has 6 nitrogen and oxygen atoms in total. The largest absolute Gasteiger partial charge is 0.494 e. The molecule has 1 amide bonds. The van der Waals surface area contributed by atoms with Gasteiger partial charge >= 0.3 is 0 Å². The number of fused-ring (bicyclic) bond motifs is 2. The van der Waals surface area contributed by atoms with Crippen molar-refractivity contribution >= 4 is 22.5 Å². The lowest BCUT2D eigenvalue weighted by Crippen LogP contribution is -2.24. The Morgan fingerprint density at radius 1 is 1.25 bits per heavy atom. The third-order valence-electron chi connectivity index (χ3n) is 5.11. The van der Waals surface area contributed by atoms with Crippen LogP contribution in [0.15, 0.2) is 54.5 Å². The predicted molar refractivity (Wildman–Crippen MR) is 103 cm³/mol. The van der Waals surface area contributed by atoms with Crippen LogP contribution in [0.3, 0.4) is 0 Å². The average molecular weight is 374 g/mol. The molecule has 2 N–H and O–H groups in total. The van der Waals surface area contributed by atoms with E-state index in [0.29, 0.717) is 45.7 Å². The molecule has 1 aliphatic carbocycles. The highest BCUT2D eigenvalue weighted by molar-refractivity contribution is 6.12. The number of hydrogen-bond acceptors (Lipinski definition) is 5. The van der Waals surface area contributed by atoms with Crippen molar-refractivity contribution in [2.45, 2.75) is 6.54 Å². The maximum absolute atomic E-state index is 14.9. The molecule has 0 bridgehead atoms. The maximum atomic E-state index is 14.9. The molecule has 0 saturated heterocycles. The second-order valence-corrected chi connectivity index (χ2v) is 6.58. The van der Waals surface area contributed by atoms with Crippen LogP contribution < -0.4 is 10.5 Å². The zero-order valence-corrected chi connectivity index (χ0v) is 14.9. The molecule has 1 aliphatic heterocycles. The number of halogens is 1. The summed E-state index contributed by atoms with van der Waals surface area (Å²) in [5, 5.41) is 0.530. The second-order valence-electron chi connectivity index (χ2n) is 6.58. The van der Waals surface area contributed by atoms with Gasteiger partial charge < -0.3 is 15.4 Å². The summed E-state index contributed by atoms with van der Waals surface area (Å²) in [7, 11) is 1.50. The first-order chi connectivity index (χ1) is 13.6. The summed E-state index contributed by atoms with van der Waals surface area (Å²) < 4.78 is 20.2. The third-order valence-corrected chi connectivity index (χ3v) is 5.11. The van der Waals surface area contributed by atoms with Gasteiger partial charge in [-0.3, -0.25) is 9.78 Å². The minimum Gasteiger partial charge on any atom is -0.494 e. The normalized spacial score (nSPS) is 14.9. The maximum Gasteiger partial charge on any atom is 0.262 e. The SMILES string of the molecule is COc1cnccc1-c1c(F)ccc2c(N)c3c(nc12)CN(C1=CC=C1)C3=O. The van der Waals surface area contributed by atoms with Gasteiger partial charge in [0.25, 0.3) is 5.91 Å². The van der Waals surface area contributed by atoms with Gasteiger partial charge in [-0.15, -0.1) is 0 Å². The fourth-order valence-corrected chi connectivity index (χ4v) is 3.67. The molecule has 28 heavy (non-hydrogen) atoms. The predicted octanol–water partition coefficient (Wildman–Crippen LogP) is 3.44. The van der Waals surface area contributed by atoms with Crippen LogP contribution in [0.4, 0.5) is 10.1 Å². The Morgan fingerprint density at radius 3 is 2.79 bits per heavy atom. The molecule has 0 radical (unpaired) electrons. The first kappa shape index (κ1) is 16.4. The molecule has 7 heteroatoms. The molecule has 0 unspecified atom stereocenters. The van der Waals surface area contributed by atoms with Gasteiger partial charge in [0, 0.05) is 28.4 Å². The van der Waals surface area contributed by atoms with E-state index in [1.165, 1.54) is 19.4 Å². The number of ether oxygens (including phenoxy) is 1. The molecule has 0 atom stereocenters. The summed E-state index contributed by atoms with van der Waals surface area (Å²) in [5.41, 5.74) is 9.60. The minimum absolute atomic E-state index is 0.190. The van der Waals surface area contributed by atoms with Crippen molar-refractivity contribution in [1.82, 2.24) is 14.9 Å². The van der Waals surface area contributed by atoms with Crippen molar-refractivity contribution in [3.8, 4) is 16.9 Å². The number of anilines is 1. The van der Waals surface area contributed by atoms with Crippen molar-refractivity contribution in [3.05, 3.63) is 71.6 Å². The highest BCUT2D eigenvalue weighted by Gasteiger charge is 2.34. The molecule has 0 fully saturated rings. The van der Waals surface area contributed by atoms with Crippen molar-refractivity contribution < 1.29 is 13.9 Å². The quantitative estimate of drug-likeness (QED) is 0.760. The van der Waals surface area contributed by atoms with Crippen LogP contribution in [0.25, 0.3) is 22.0 Å². The Bertz CT molecular complexity index is 1230. The van der Waals surface area contributed by atoms with Crippen molar-refractivity contribution in [2.75, 3.05) is 12.8 Å². The number of methoxy groups -OCH3 is 1. The Kier molecular flexibility index (Phi) is 3.45. The van der Waals surface area contributed by atoms with Crippen LogP contribution in [-0.2, 0) is 6.54 Å². The number of pyridine rings is 2. The van der Waals surface area contributed by atoms with E-state index in [0.717, 1.165) is 5.70 Å². The Hall–Kier alpha value is -3.74. The molecular weight excluding hydrogens is 359 g/mol. The van der Waals surface area contributed by atoms with Crippen LogP contribution in [0, 0.1) is 5.82 Å². The van der Waals surface area contributed by atoms with Gasteiger partial charge in [0.1, 0.15) is 11.6 Å². The lowest BCUT2D eigenvalue weighted by molar-refractivity contribution is 0.0831. The molecule has 1 aromatic carbocycles. The van der Waals surface area contributed by atoms with E-state index in [-0.39, 0.29) is 11.5 Å². The number of aromatic nitrogens is 2. The van der Waals surface area contributed by atoms with Gasteiger partial charge in [0.15, 0.2) is 0 Å². The number of rotatable bonds is 3. The van der Waals surface area contributed by atoms with E-state index in [4.69, 9.17) is 10.5 Å². The number of allylic oxidation sites excluding steroid dienone is 3. The van der Waals surface area contributed by atoms with Crippen molar-refractivity contribution in [3.63, 3.8) is 0 Å². The first-order valence-corrected chi connectivity index (χ1v) is 8.69. The van der Waals surface area contributed by atoms with Crippen LogP contribution >= 0.6 is 0 Å². The van der Waals surface area contributed by atoms with Crippen LogP contribution in [-0.4, -0.2) is 27.9 Å². The number of amides is 1. The number of benzene rings is 1. The summed E-state index contributed by atoms with van der Waals surface area (Å²) in [5.74, 6) is -0.211. The van der Waals surface area contributed by atoms with E-state index in [2.05, 4.69) is 9.97 Å². The molecule has 2 aromatic heterocycles. The molecular formula is C21H15FN4O2. The summed E-state index contributed by atoms with van der Waals surface area (Å²) in [6.07, 6.45) is 8.65. The molecule has 2 aliphatic rings. The monoisotopic (exact) mass is 374 g/mol. The van der Waals surface area contributed by atoms with Gasteiger partial charge in [0.05, 0.1) is 42.3 Å². The highest BCUT2D eigenvalue weighted by atomic mass is 19.1.